The molecule has 5 nitrogen and oxygen atoms in total. The molecule has 0 saturated carbocycles. The Labute approximate surface area is 151 Å². The van der Waals surface area contributed by atoms with Crippen LogP contribution < -0.4 is 10.1 Å². The topological polar surface area (TPSA) is 75.6 Å². The van der Waals surface area contributed by atoms with Crippen molar-refractivity contribution in [3.05, 3.63) is 64.7 Å². The molecule has 6 heteroatoms. The second kappa shape index (κ2) is 9.08. The molecule has 2 N–H and O–H groups in total. The van der Waals surface area contributed by atoms with Gasteiger partial charge in [-0.25, -0.2) is 4.79 Å². The largest absolute Gasteiger partial charge is 0.489 e. The molecule has 0 saturated heterocycles. The molecule has 0 aliphatic heterocycles. The first-order valence-corrected chi connectivity index (χ1v) is 8.33. The fraction of sp³-hybridized carbons (Fsp3) is 0.263. The van der Waals surface area contributed by atoms with E-state index >= 15 is 0 Å². The lowest BCUT2D eigenvalue weighted by Crippen LogP contribution is -2.33. The molecule has 0 aromatic heterocycles. The number of halogens is 1. The number of carboxylic acid groups (broad SMARTS) is 1. The number of carbonyl (C=O) groups excluding carboxylic acids is 1. The zero-order valence-corrected chi connectivity index (χ0v) is 14.6. The summed E-state index contributed by atoms with van der Waals surface area (Å²) in [6.07, 6.45) is 0.375. The molecule has 0 bridgehead atoms. The number of hydrogen-bond acceptors (Lipinski definition) is 3. The third kappa shape index (κ3) is 6.12. The molecule has 1 unspecified atom stereocenters. The van der Waals surface area contributed by atoms with Gasteiger partial charge in [0.05, 0.1) is 12.1 Å². The second-order valence-corrected chi connectivity index (χ2v) is 6.09. The lowest BCUT2D eigenvalue weighted by atomic mass is 10.0. The molecule has 0 spiro atoms. The lowest BCUT2D eigenvalue weighted by molar-refractivity contribution is -0.121. The van der Waals surface area contributed by atoms with Crippen molar-refractivity contribution in [3.8, 4) is 5.75 Å². The van der Waals surface area contributed by atoms with Gasteiger partial charge in [0.2, 0.25) is 5.91 Å². The summed E-state index contributed by atoms with van der Waals surface area (Å²) in [5, 5.41) is 12.5. The van der Waals surface area contributed by atoms with E-state index in [1.807, 2.05) is 6.92 Å². The van der Waals surface area contributed by atoms with Crippen LogP contribution >= 0.6 is 11.6 Å². The molecule has 0 aliphatic rings. The van der Waals surface area contributed by atoms with Gasteiger partial charge in [0.25, 0.3) is 0 Å². The van der Waals surface area contributed by atoms with E-state index < -0.39 is 5.97 Å². The zero-order chi connectivity index (χ0) is 18.2. The summed E-state index contributed by atoms with van der Waals surface area (Å²) >= 11 is 5.90. The molecular weight excluding hydrogens is 342 g/mol. The number of aryl methyl sites for hydroxylation is 1. The van der Waals surface area contributed by atoms with Crippen LogP contribution in [0, 0.1) is 0 Å². The molecule has 132 valence electrons. The van der Waals surface area contributed by atoms with E-state index in [1.54, 1.807) is 42.5 Å². The highest BCUT2D eigenvalue weighted by Crippen LogP contribution is 2.18. The number of carboxylic acids is 1. The maximum atomic E-state index is 12.0. The van der Waals surface area contributed by atoms with Crippen molar-refractivity contribution in [3.63, 3.8) is 0 Å². The lowest BCUT2D eigenvalue weighted by Gasteiger charge is -2.15. The van der Waals surface area contributed by atoms with Crippen LogP contribution in [0.2, 0.25) is 5.02 Å². The molecule has 2 aromatic carbocycles. The first-order valence-electron chi connectivity index (χ1n) is 7.96. The first-order chi connectivity index (χ1) is 12.0. The van der Waals surface area contributed by atoms with Crippen molar-refractivity contribution in [2.24, 2.45) is 0 Å². The van der Waals surface area contributed by atoms with Gasteiger partial charge in [-0.1, -0.05) is 35.9 Å². The highest BCUT2D eigenvalue weighted by molar-refractivity contribution is 6.30. The Hall–Kier alpha value is -2.53. The highest BCUT2D eigenvalue weighted by Gasteiger charge is 2.11. The summed E-state index contributed by atoms with van der Waals surface area (Å²) < 4.78 is 5.68. The Balaban J connectivity index is 1.78. The van der Waals surface area contributed by atoms with Crippen molar-refractivity contribution in [1.29, 1.82) is 0 Å². The van der Waals surface area contributed by atoms with Gasteiger partial charge in [-0.2, -0.15) is 0 Å². The molecule has 25 heavy (non-hydrogen) atoms. The Morgan fingerprint density at radius 1 is 1.20 bits per heavy atom. The zero-order valence-electron chi connectivity index (χ0n) is 13.9. The number of aromatic carboxylic acids is 1. The minimum atomic E-state index is -0.987. The molecule has 0 fully saturated rings. The van der Waals surface area contributed by atoms with Gasteiger partial charge in [-0.15, -0.1) is 0 Å². The fourth-order valence-electron chi connectivity index (χ4n) is 2.36. The third-order valence-corrected chi connectivity index (χ3v) is 3.82. The van der Waals surface area contributed by atoms with Crippen LogP contribution in [0.3, 0.4) is 0 Å². The number of benzene rings is 2. The number of nitrogens with one attached hydrogen (secondary N) is 1. The average molecular weight is 362 g/mol. The molecule has 0 aliphatic carbocycles. The summed E-state index contributed by atoms with van der Waals surface area (Å²) in [5.41, 5.74) is 0.876. The Bertz CT molecular complexity index is 748. The van der Waals surface area contributed by atoms with Gasteiger partial charge in [0, 0.05) is 11.4 Å². The molecule has 1 amide bonds. The highest BCUT2D eigenvalue weighted by atomic mass is 35.5. The summed E-state index contributed by atoms with van der Waals surface area (Å²) in [4.78, 5) is 23.1. The number of carbonyl (C=O) groups is 2. The van der Waals surface area contributed by atoms with Crippen LogP contribution in [0.5, 0.6) is 5.75 Å². The van der Waals surface area contributed by atoms with E-state index in [9.17, 15) is 9.59 Å². The van der Waals surface area contributed by atoms with E-state index in [0.717, 1.165) is 0 Å². The normalized spacial score (nSPS) is 11.6. The predicted octanol–water partition coefficient (Wildman–Crippen LogP) is 3.55. The van der Waals surface area contributed by atoms with E-state index in [-0.39, 0.29) is 24.0 Å². The van der Waals surface area contributed by atoms with Gasteiger partial charge < -0.3 is 15.2 Å². The van der Waals surface area contributed by atoms with E-state index in [2.05, 4.69) is 5.32 Å². The predicted molar refractivity (Wildman–Crippen MR) is 96.3 cm³/mol. The summed E-state index contributed by atoms with van der Waals surface area (Å²) in [7, 11) is 0. The summed E-state index contributed by atoms with van der Waals surface area (Å²) in [5.74, 6) is -0.495. The van der Waals surface area contributed by atoms with Crippen LogP contribution in [0.25, 0.3) is 0 Å². The van der Waals surface area contributed by atoms with Crippen LogP contribution in [0.15, 0.2) is 48.5 Å². The SMILES string of the molecule is CC(CNC(=O)CCc1ccccc1C(=O)O)Oc1cccc(Cl)c1. The monoisotopic (exact) mass is 361 g/mol. The Morgan fingerprint density at radius 3 is 2.68 bits per heavy atom. The van der Waals surface area contributed by atoms with Crippen LogP contribution in [-0.4, -0.2) is 29.6 Å². The molecule has 2 aromatic rings. The van der Waals surface area contributed by atoms with Crippen molar-refractivity contribution >= 4 is 23.5 Å². The quantitative estimate of drug-likeness (QED) is 0.753. The van der Waals surface area contributed by atoms with Gasteiger partial charge >= 0.3 is 5.97 Å². The van der Waals surface area contributed by atoms with Crippen LogP contribution in [-0.2, 0) is 11.2 Å². The first kappa shape index (κ1) is 18.8. The smallest absolute Gasteiger partial charge is 0.335 e. The number of hydrogen-bond donors (Lipinski definition) is 2. The molecule has 1 atom stereocenters. The van der Waals surface area contributed by atoms with Gasteiger partial charge in [0.1, 0.15) is 11.9 Å². The van der Waals surface area contributed by atoms with E-state index in [0.29, 0.717) is 29.3 Å². The molecule has 2 rings (SSSR count). The van der Waals surface area contributed by atoms with Crippen molar-refractivity contribution in [2.45, 2.75) is 25.9 Å². The molecular formula is C19H20ClNO4. The molecule has 0 heterocycles. The third-order valence-electron chi connectivity index (χ3n) is 3.59. The van der Waals surface area contributed by atoms with Crippen molar-refractivity contribution in [2.75, 3.05) is 6.54 Å². The maximum absolute atomic E-state index is 12.0. The van der Waals surface area contributed by atoms with Crippen molar-refractivity contribution in [1.82, 2.24) is 5.32 Å². The number of ether oxygens (including phenoxy) is 1. The second-order valence-electron chi connectivity index (χ2n) is 5.65. The van der Waals surface area contributed by atoms with Crippen LogP contribution in [0.1, 0.15) is 29.3 Å². The summed E-state index contributed by atoms with van der Waals surface area (Å²) in [6, 6.07) is 13.8. The van der Waals surface area contributed by atoms with Crippen LogP contribution in [0.4, 0.5) is 0 Å². The van der Waals surface area contributed by atoms with E-state index in [4.69, 9.17) is 21.4 Å². The van der Waals surface area contributed by atoms with Gasteiger partial charge in [0.15, 0.2) is 0 Å². The van der Waals surface area contributed by atoms with Gasteiger partial charge in [-0.05, 0) is 43.2 Å². The average Bonchev–Trinajstić information content (AvgIpc) is 2.58. The Morgan fingerprint density at radius 2 is 1.96 bits per heavy atom. The molecule has 0 radical (unpaired) electrons. The minimum Gasteiger partial charge on any atom is -0.489 e. The fourth-order valence-corrected chi connectivity index (χ4v) is 2.54. The standard InChI is InChI=1S/C19H20ClNO4/c1-13(25-16-7-4-6-15(20)11-16)12-21-18(22)10-9-14-5-2-3-8-17(14)19(23)24/h2-8,11,13H,9-10,12H2,1H3,(H,21,22)(H,23,24). The number of rotatable bonds is 8. The van der Waals surface area contributed by atoms with Crippen molar-refractivity contribution < 1.29 is 19.4 Å². The minimum absolute atomic E-state index is 0.151. The number of amides is 1. The Kier molecular flexibility index (Phi) is 6.83. The van der Waals surface area contributed by atoms with Gasteiger partial charge in [-0.3, -0.25) is 4.79 Å². The maximum Gasteiger partial charge on any atom is 0.335 e. The van der Waals surface area contributed by atoms with E-state index in [1.165, 1.54) is 6.07 Å². The summed E-state index contributed by atoms with van der Waals surface area (Å²) in [6.45, 7) is 2.20.